The molecular formula is C14H15F3N2O4. The summed E-state index contributed by atoms with van der Waals surface area (Å²) >= 11 is 0. The van der Waals surface area contributed by atoms with Crippen molar-refractivity contribution in [1.82, 2.24) is 0 Å². The highest BCUT2D eigenvalue weighted by Crippen LogP contribution is 2.40. The SMILES string of the molecule is CO[C@H]1[C@@H](C(F)F)OC(C)=N[C@]1(C)c1cc([N+](=O)[O-])ccc1F. The van der Waals surface area contributed by atoms with E-state index in [1.807, 2.05) is 0 Å². The van der Waals surface area contributed by atoms with Crippen LogP contribution in [0.5, 0.6) is 0 Å². The molecule has 0 bridgehead atoms. The average Bonchev–Trinajstić information content (AvgIpc) is 2.46. The number of nitrogens with zero attached hydrogens (tertiary/aromatic N) is 2. The Morgan fingerprint density at radius 3 is 2.65 bits per heavy atom. The maximum absolute atomic E-state index is 14.3. The Morgan fingerprint density at radius 1 is 1.48 bits per heavy atom. The van der Waals surface area contributed by atoms with Gasteiger partial charge in [-0.15, -0.1) is 0 Å². The summed E-state index contributed by atoms with van der Waals surface area (Å²) in [7, 11) is 1.17. The Kier molecular flexibility index (Phi) is 4.60. The summed E-state index contributed by atoms with van der Waals surface area (Å²) in [6.45, 7) is 2.74. The lowest BCUT2D eigenvalue weighted by Crippen LogP contribution is -2.53. The van der Waals surface area contributed by atoms with E-state index in [1.54, 1.807) is 0 Å². The molecule has 1 aliphatic heterocycles. The number of hydrogen-bond acceptors (Lipinski definition) is 5. The van der Waals surface area contributed by atoms with E-state index in [0.717, 1.165) is 18.2 Å². The van der Waals surface area contributed by atoms with Crippen LogP contribution in [0.1, 0.15) is 19.4 Å². The van der Waals surface area contributed by atoms with Crippen molar-refractivity contribution in [2.45, 2.75) is 38.0 Å². The van der Waals surface area contributed by atoms with E-state index in [0.29, 0.717) is 0 Å². The molecule has 0 N–H and O–H groups in total. The molecule has 0 radical (unpaired) electrons. The fourth-order valence-corrected chi connectivity index (χ4v) is 2.77. The zero-order valence-corrected chi connectivity index (χ0v) is 12.6. The Labute approximate surface area is 130 Å². The molecule has 6 nitrogen and oxygen atoms in total. The topological polar surface area (TPSA) is 74.0 Å². The third kappa shape index (κ3) is 3.00. The highest BCUT2D eigenvalue weighted by Gasteiger charge is 2.50. The van der Waals surface area contributed by atoms with Crippen molar-refractivity contribution >= 4 is 11.6 Å². The zero-order valence-electron chi connectivity index (χ0n) is 12.6. The number of halogens is 3. The lowest BCUT2D eigenvalue weighted by atomic mass is 9.82. The largest absolute Gasteiger partial charge is 0.469 e. The van der Waals surface area contributed by atoms with Gasteiger partial charge in [-0.25, -0.2) is 18.2 Å². The number of nitro groups is 1. The molecule has 0 saturated heterocycles. The number of nitro benzene ring substituents is 1. The molecule has 0 fully saturated rings. The molecule has 0 amide bonds. The predicted octanol–water partition coefficient (Wildman–Crippen LogP) is 3.05. The zero-order chi connectivity index (χ0) is 17.4. The van der Waals surface area contributed by atoms with Crippen LogP contribution in [0.3, 0.4) is 0 Å². The number of methoxy groups -OCH3 is 1. The molecule has 1 aliphatic rings. The first-order valence-corrected chi connectivity index (χ1v) is 6.69. The Balaban J connectivity index is 2.64. The van der Waals surface area contributed by atoms with Crippen LogP contribution in [0, 0.1) is 15.9 Å². The molecule has 0 aromatic heterocycles. The second-order valence-corrected chi connectivity index (χ2v) is 5.27. The van der Waals surface area contributed by atoms with Crippen molar-refractivity contribution < 1.29 is 27.6 Å². The van der Waals surface area contributed by atoms with Gasteiger partial charge in [-0.05, 0) is 13.0 Å². The van der Waals surface area contributed by atoms with Crippen LogP contribution in [0.2, 0.25) is 0 Å². The highest BCUT2D eigenvalue weighted by molar-refractivity contribution is 5.75. The normalized spacial score (nSPS) is 27.5. The molecule has 126 valence electrons. The summed E-state index contributed by atoms with van der Waals surface area (Å²) in [6, 6.07) is 2.87. The van der Waals surface area contributed by atoms with Gasteiger partial charge < -0.3 is 9.47 Å². The molecule has 1 aromatic rings. The van der Waals surface area contributed by atoms with Crippen LogP contribution in [-0.2, 0) is 15.0 Å². The average molecular weight is 332 g/mol. The first-order valence-electron chi connectivity index (χ1n) is 6.69. The van der Waals surface area contributed by atoms with Gasteiger partial charge in [-0.1, -0.05) is 0 Å². The van der Waals surface area contributed by atoms with Gasteiger partial charge in [0.15, 0.2) is 12.0 Å². The lowest BCUT2D eigenvalue weighted by molar-refractivity contribution is -0.385. The first kappa shape index (κ1) is 17.2. The van der Waals surface area contributed by atoms with Gasteiger partial charge in [0.25, 0.3) is 12.1 Å². The van der Waals surface area contributed by atoms with Gasteiger partial charge in [0.05, 0.1) is 4.92 Å². The third-order valence-corrected chi connectivity index (χ3v) is 3.76. The van der Waals surface area contributed by atoms with Gasteiger partial charge in [0.2, 0.25) is 0 Å². The second kappa shape index (κ2) is 6.15. The molecule has 23 heavy (non-hydrogen) atoms. The molecule has 1 aromatic carbocycles. The van der Waals surface area contributed by atoms with Crippen LogP contribution >= 0.6 is 0 Å². The lowest BCUT2D eigenvalue weighted by Gasteiger charge is -2.41. The molecule has 1 heterocycles. The third-order valence-electron chi connectivity index (χ3n) is 3.76. The van der Waals surface area contributed by atoms with Crippen LogP contribution in [0.4, 0.5) is 18.9 Å². The van der Waals surface area contributed by atoms with Crippen LogP contribution in [0.25, 0.3) is 0 Å². The summed E-state index contributed by atoms with van der Waals surface area (Å²) in [5, 5.41) is 10.9. The standard InChI is InChI=1S/C14H15F3N2O4/c1-7-18-14(2,12(22-3)11(23-7)13(16)17)9-6-8(19(20)21)4-5-10(9)15/h4-6,11-13H,1-3H3/t11-,12-,14+/m0/s1. The number of non-ortho nitro benzene ring substituents is 1. The minimum atomic E-state index is -2.90. The van der Waals surface area contributed by atoms with Crippen molar-refractivity contribution in [2.24, 2.45) is 4.99 Å². The predicted molar refractivity (Wildman–Crippen MR) is 75.2 cm³/mol. The van der Waals surface area contributed by atoms with E-state index in [1.165, 1.54) is 21.0 Å². The quantitative estimate of drug-likeness (QED) is 0.627. The minimum Gasteiger partial charge on any atom is -0.469 e. The van der Waals surface area contributed by atoms with Gasteiger partial charge in [0.1, 0.15) is 17.5 Å². The van der Waals surface area contributed by atoms with Crippen molar-refractivity contribution in [3.8, 4) is 0 Å². The molecule has 0 saturated carbocycles. The number of alkyl halides is 2. The molecule has 2 rings (SSSR count). The number of aliphatic imine (C=N–C) groups is 1. The molecule has 0 spiro atoms. The van der Waals surface area contributed by atoms with E-state index >= 15 is 0 Å². The Morgan fingerprint density at radius 2 is 2.13 bits per heavy atom. The number of rotatable bonds is 4. The summed E-state index contributed by atoms with van der Waals surface area (Å²) < 4.78 is 50.8. The van der Waals surface area contributed by atoms with Gasteiger partial charge in [0, 0.05) is 31.7 Å². The van der Waals surface area contributed by atoms with Crippen LogP contribution in [-0.4, -0.2) is 36.6 Å². The maximum atomic E-state index is 14.3. The van der Waals surface area contributed by atoms with E-state index in [2.05, 4.69) is 4.99 Å². The molecule has 3 atom stereocenters. The van der Waals surface area contributed by atoms with E-state index < -0.39 is 34.9 Å². The van der Waals surface area contributed by atoms with Gasteiger partial charge in [-0.2, -0.15) is 0 Å². The molecular weight excluding hydrogens is 317 g/mol. The minimum absolute atomic E-state index is 0.0722. The molecule has 0 aliphatic carbocycles. The molecule has 9 heteroatoms. The monoisotopic (exact) mass is 332 g/mol. The van der Waals surface area contributed by atoms with E-state index in [9.17, 15) is 23.3 Å². The van der Waals surface area contributed by atoms with Crippen molar-refractivity contribution in [1.29, 1.82) is 0 Å². The first-order chi connectivity index (χ1) is 10.7. The fourth-order valence-electron chi connectivity index (χ4n) is 2.77. The van der Waals surface area contributed by atoms with Crippen molar-refractivity contribution in [3.05, 3.63) is 39.7 Å². The highest BCUT2D eigenvalue weighted by atomic mass is 19.3. The van der Waals surface area contributed by atoms with Crippen LogP contribution in [0.15, 0.2) is 23.2 Å². The summed E-state index contributed by atoms with van der Waals surface area (Å²) in [6.07, 6.45) is -5.88. The summed E-state index contributed by atoms with van der Waals surface area (Å²) in [5.41, 5.74) is -2.16. The van der Waals surface area contributed by atoms with Gasteiger partial charge in [-0.3, -0.25) is 10.1 Å². The number of benzene rings is 1. The maximum Gasteiger partial charge on any atom is 0.277 e. The number of ether oxygens (including phenoxy) is 2. The van der Waals surface area contributed by atoms with E-state index in [4.69, 9.17) is 9.47 Å². The fraction of sp³-hybridized carbons (Fsp3) is 0.500. The van der Waals surface area contributed by atoms with Crippen LogP contribution < -0.4 is 0 Å². The summed E-state index contributed by atoms with van der Waals surface area (Å²) in [5.74, 6) is -0.872. The van der Waals surface area contributed by atoms with Crippen molar-refractivity contribution in [2.75, 3.05) is 7.11 Å². The second-order valence-electron chi connectivity index (χ2n) is 5.27. The van der Waals surface area contributed by atoms with Gasteiger partial charge >= 0.3 is 0 Å². The Bertz CT molecular complexity index is 653. The number of hydrogen-bond donors (Lipinski definition) is 0. The smallest absolute Gasteiger partial charge is 0.277 e. The Hall–Kier alpha value is -2.16. The van der Waals surface area contributed by atoms with Crippen molar-refractivity contribution in [3.63, 3.8) is 0 Å². The summed E-state index contributed by atoms with van der Waals surface area (Å²) in [4.78, 5) is 14.3. The molecule has 0 unspecified atom stereocenters. The van der Waals surface area contributed by atoms with E-state index in [-0.39, 0.29) is 17.1 Å².